The monoisotopic (exact) mass is 400 g/mol. The van der Waals surface area contributed by atoms with Gasteiger partial charge in [-0.05, 0) is 29.8 Å². The Morgan fingerprint density at radius 2 is 1.64 bits per heavy atom. The Bertz CT molecular complexity index is 746. The number of carbonyl (C=O) groups is 2. The van der Waals surface area contributed by atoms with E-state index in [1.807, 2.05) is 0 Å². The van der Waals surface area contributed by atoms with E-state index in [0.717, 1.165) is 0 Å². The number of halogens is 3. The van der Waals surface area contributed by atoms with E-state index in [1.165, 1.54) is 0 Å². The summed E-state index contributed by atoms with van der Waals surface area (Å²) in [7, 11) is 0. The Labute approximate surface area is 160 Å². The van der Waals surface area contributed by atoms with Crippen molar-refractivity contribution in [2.24, 2.45) is 5.73 Å². The minimum Gasteiger partial charge on any atom is -0.461 e. The Hall–Kier alpha value is -1.95. The maximum atomic E-state index is 12.1. The molecule has 0 heterocycles. The number of ether oxygens (including phenoxy) is 1. The van der Waals surface area contributed by atoms with E-state index in [0.29, 0.717) is 26.2 Å². The first-order valence-corrected chi connectivity index (χ1v) is 8.40. The maximum absolute atomic E-state index is 12.1. The number of nitrogens with two attached hydrogens (primary N) is 1. The van der Waals surface area contributed by atoms with Crippen LogP contribution in [-0.2, 0) is 16.1 Å². The number of nitrogens with one attached hydrogen (secondary N) is 1. The van der Waals surface area contributed by atoms with Crippen molar-refractivity contribution in [3.8, 4) is 0 Å². The lowest BCUT2D eigenvalue weighted by Crippen LogP contribution is -2.34. The van der Waals surface area contributed by atoms with Crippen molar-refractivity contribution in [3.63, 3.8) is 0 Å². The van der Waals surface area contributed by atoms with Crippen molar-refractivity contribution in [2.75, 3.05) is 0 Å². The predicted molar refractivity (Wildman–Crippen MR) is 97.8 cm³/mol. The summed E-state index contributed by atoms with van der Waals surface area (Å²) in [5.41, 5.74) is 6.37. The van der Waals surface area contributed by atoms with Gasteiger partial charge in [0.1, 0.15) is 6.61 Å². The van der Waals surface area contributed by atoms with Crippen LogP contribution in [0.5, 0.6) is 0 Å². The molecule has 0 spiro atoms. The van der Waals surface area contributed by atoms with Crippen LogP contribution in [-0.4, -0.2) is 12.0 Å². The van der Waals surface area contributed by atoms with Crippen LogP contribution in [0.1, 0.15) is 23.6 Å². The first kappa shape index (κ1) is 19.4. The van der Waals surface area contributed by atoms with Gasteiger partial charge in [0.05, 0.1) is 12.5 Å². The molecule has 0 unspecified atom stereocenters. The average molecular weight is 402 g/mol. The molecule has 3 N–H and O–H groups in total. The number of hydrogen-bond donors (Lipinski definition) is 2. The molecule has 0 saturated carbocycles. The van der Waals surface area contributed by atoms with Gasteiger partial charge in [-0.1, -0.05) is 53.0 Å². The van der Waals surface area contributed by atoms with Crippen molar-refractivity contribution < 1.29 is 14.3 Å². The van der Waals surface area contributed by atoms with Crippen LogP contribution >= 0.6 is 34.8 Å². The third-order valence-electron chi connectivity index (χ3n) is 3.40. The number of esters is 1. The van der Waals surface area contributed by atoms with E-state index in [4.69, 9.17) is 45.3 Å². The highest BCUT2D eigenvalue weighted by molar-refractivity contribution is 6.36. The molecular weight excluding hydrogens is 387 g/mol. The molecule has 0 aromatic heterocycles. The lowest BCUT2D eigenvalue weighted by molar-refractivity contribution is -0.145. The second-order valence-corrected chi connectivity index (χ2v) is 6.43. The standard InChI is InChI=1S/C17H15Cl3N2O3/c18-11-6-4-10(5-7-11)15(22-17(21)24)8-16(23)25-9-12-13(19)2-1-3-14(12)20/h1-7,15H,8-9H2,(H3,21,22,24)/t15-/m1/s1. The fraction of sp³-hybridized carbons (Fsp3) is 0.176. The van der Waals surface area contributed by atoms with E-state index in [1.54, 1.807) is 42.5 Å². The van der Waals surface area contributed by atoms with Crippen LogP contribution in [0.4, 0.5) is 4.79 Å². The molecule has 25 heavy (non-hydrogen) atoms. The van der Waals surface area contributed by atoms with E-state index >= 15 is 0 Å². The highest BCUT2D eigenvalue weighted by Gasteiger charge is 2.19. The highest BCUT2D eigenvalue weighted by Crippen LogP contribution is 2.26. The molecule has 0 radical (unpaired) electrons. The Morgan fingerprint density at radius 1 is 1.04 bits per heavy atom. The predicted octanol–water partition coefficient (Wildman–Crippen LogP) is 4.49. The molecule has 0 bridgehead atoms. The van der Waals surface area contributed by atoms with Crippen LogP contribution in [0, 0.1) is 0 Å². The molecule has 5 nitrogen and oxygen atoms in total. The highest BCUT2D eigenvalue weighted by atomic mass is 35.5. The molecule has 8 heteroatoms. The summed E-state index contributed by atoms with van der Waals surface area (Å²) in [4.78, 5) is 23.3. The van der Waals surface area contributed by atoms with E-state index in [2.05, 4.69) is 5.32 Å². The number of carbonyl (C=O) groups excluding carboxylic acids is 2. The summed E-state index contributed by atoms with van der Waals surface area (Å²) in [5.74, 6) is -0.537. The molecule has 0 aliphatic carbocycles. The summed E-state index contributed by atoms with van der Waals surface area (Å²) >= 11 is 17.9. The maximum Gasteiger partial charge on any atom is 0.312 e. The average Bonchev–Trinajstić information content (AvgIpc) is 2.54. The Kier molecular flexibility index (Phi) is 6.93. The minimum atomic E-state index is -0.748. The van der Waals surface area contributed by atoms with Gasteiger partial charge in [0.25, 0.3) is 0 Å². The third-order valence-corrected chi connectivity index (χ3v) is 4.36. The minimum absolute atomic E-state index is 0.0682. The molecule has 0 fully saturated rings. The van der Waals surface area contributed by atoms with Gasteiger partial charge in [-0.25, -0.2) is 4.79 Å². The summed E-state index contributed by atoms with van der Waals surface area (Å²) in [6.07, 6.45) is -0.105. The first-order valence-electron chi connectivity index (χ1n) is 7.26. The zero-order chi connectivity index (χ0) is 18.4. The Balaban J connectivity index is 2.04. The van der Waals surface area contributed by atoms with Gasteiger partial charge in [-0.3, -0.25) is 4.79 Å². The van der Waals surface area contributed by atoms with Crippen LogP contribution in [0.25, 0.3) is 0 Å². The lowest BCUT2D eigenvalue weighted by atomic mass is 10.0. The van der Waals surface area contributed by atoms with Gasteiger partial charge in [-0.15, -0.1) is 0 Å². The molecule has 132 valence electrons. The third kappa shape index (κ3) is 5.81. The normalized spacial score (nSPS) is 11.6. The van der Waals surface area contributed by atoms with E-state index in [-0.39, 0.29) is 13.0 Å². The fourth-order valence-electron chi connectivity index (χ4n) is 2.17. The summed E-state index contributed by atoms with van der Waals surface area (Å²) in [5, 5.41) is 3.86. The molecular formula is C17H15Cl3N2O3. The second kappa shape index (κ2) is 8.94. The van der Waals surface area contributed by atoms with Crippen LogP contribution in [0.3, 0.4) is 0 Å². The van der Waals surface area contributed by atoms with Crippen molar-refractivity contribution in [1.82, 2.24) is 5.32 Å². The number of primary amides is 1. The van der Waals surface area contributed by atoms with Crippen molar-refractivity contribution >= 4 is 46.8 Å². The summed E-state index contributed by atoms with van der Waals surface area (Å²) in [6, 6.07) is 10.3. The molecule has 2 aromatic rings. The zero-order valence-corrected chi connectivity index (χ0v) is 15.2. The topological polar surface area (TPSA) is 81.4 Å². The first-order chi connectivity index (χ1) is 11.9. The van der Waals surface area contributed by atoms with Crippen molar-refractivity contribution in [3.05, 3.63) is 68.7 Å². The summed E-state index contributed by atoms with van der Waals surface area (Å²) in [6.45, 7) is -0.0682. The van der Waals surface area contributed by atoms with E-state index < -0.39 is 18.0 Å². The zero-order valence-electron chi connectivity index (χ0n) is 13.0. The van der Waals surface area contributed by atoms with Gasteiger partial charge in [0.2, 0.25) is 0 Å². The molecule has 2 aromatic carbocycles. The number of hydrogen-bond acceptors (Lipinski definition) is 3. The Morgan fingerprint density at radius 3 is 2.20 bits per heavy atom. The quantitative estimate of drug-likeness (QED) is 0.700. The van der Waals surface area contributed by atoms with Gasteiger partial charge >= 0.3 is 12.0 Å². The van der Waals surface area contributed by atoms with E-state index in [9.17, 15) is 9.59 Å². The molecule has 0 aliphatic heterocycles. The molecule has 0 saturated heterocycles. The number of rotatable bonds is 6. The SMILES string of the molecule is NC(=O)N[C@H](CC(=O)OCc1c(Cl)cccc1Cl)c1ccc(Cl)cc1. The number of urea groups is 1. The molecule has 2 amide bonds. The van der Waals surface area contributed by atoms with Crippen molar-refractivity contribution in [1.29, 1.82) is 0 Å². The lowest BCUT2D eigenvalue weighted by Gasteiger charge is -2.17. The molecule has 1 atom stereocenters. The second-order valence-electron chi connectivity index (χ2n) is 5.18. The van der Waals surface area contributed by atoms with Crippen molar-refractivity contribution in [2.45, 2.75) is 19.1 Å². The smallest absolute Gasteiger partial charge is 0.312 e. The van der Waals surface area contributed by atoms with Gasteiger partial charge in [-0.2, -0.15) is 0 Å². The van der Waals surface area contributed by atoms with Gasteiger partial charge in [0.15, 0.2) is 0 Å². The number of benzene rings is 2. The van der Waals surface area contributed by atoms with Gasteiger partial charge in [0, 0.05) is 20.6 Å². The number of amides is 2. The largest absolute Gasteiger partial charge is 0.461 e. The van der Waals surface area contributed by atoms with Crippen LogP contribution in [0.15, 0.2) is 42.5 Å². The molecule has 2 rings (SSSR count). The van der Waals surface area contributed by atoms with Crippen LogP contribution in [0.2, 0.25) is 15.1 Å². The van der Waals surface area contributed by atoms with Crippen LogP contribution < -0.4 is 11.1 Å². The van der Waals surface area contributed by atoms with Gasteiger partial charge < -0.3 is 15.8 Å². The molecule has 0 aliphatic rings. The fourth-order valence-corrected chi connectivity index (χ4v) is 2.80. The summed E-state index contributed by atoms with van der Waals surface area (Å²) < 4.78 is 5.22.